The Labute approximate surface area is 75.9 Å². The van der Waals surface area contributed by atoms with E-state index in [0.717, 1.165) is 6.54 Å². The smallest absolute Gasteiger partial charge is 0.234 e. The van der Waals surface area contributed by atoms with Crippen LogP contribution in [0.3, 0.4) is 0 Å². The first-order chi connectivity index (χ1) is 5.70. The third-order valence-electron chi connectivity index (χ3n) is 1.49. The Balaban J connectivity index is 3.88. The van der Waals surface area contributed by atoms with E-state index >= 15 is 0 Å². The Morgan fingerprint density at radius 2 is 2.17 bits per heavy atom. The van der Waals surface area contributed by atoms with Gasteiger partial charge in [0, 0.05) is 0 Å². The van der Waals surface area contributed by atoms with Crippen molar-refractivity contribution in [2.45, 2.75) is 19.8 Å². The van der Waals surface area contributed by atoms with Crippen LogP contribution < -0.4 is 0 Å². The standard InChI is InChI=1S/C10H19N2/c1-5-7-9-12(8-6-2)10-11(3)4/h2,10H,5,7-9H2,1,3-4H3/q+1. The maximum atomic E-state index is 5.25. The van der Waals surface area contributed by atoms with Crippen molar-refractivity contribution in [3.05, 3.63) is 0 Å². The van der Waals surface area contributed by atoms with Gasteiger partial charge in [0.1, 0.15) is 6.54 Å². The first kappa shape index (κ1) is 11.0. The number of unbranched alkanes of at least 4 members (excludes halogenated alkanes) is 1. The van der Waals surface area contributed by atoms with E-state index in [9.17, 15) is 0 Å². The third-order valence-corrected chi connectivity index (χ3v) is 1.49. The molecule has 12 heavy (non-hydrogen) atoms. The minimum atomic E-state index is 0.707. The summed E-state index contributed by atoms with van der Waals surface area (Å²) in [6, 6.07) is 0. The fourth-order valence-corrected chi connectivity index (χ4v) is 0.983. The molecule has 0 atom stereocenters. The van der Waals surface area contributed by atoms with Gasteiger partial charge in [-0.15, -0.1) is 6.42 Å². The molecule has 0 aliphatic carbocycles. The van der Waals surface area contributed by atoms with Crippen LogP contribution in [0, 0.1) is 12.3 Å². The van der Waals surface area contributed by atoms with E-state index in [4.69, 9.17) is 6.42 Å². The maximum Gasteiger partial charge on any atom is 0.234 e. The average Bonchev–Trinajstić information content (AvgIpc) is 2.00. The molecular formula is C10H19N2+. The first-order valence-corrected chi connectivity index (χ1v) is 4.39. The highest BCUT2D eigenvalue weighted by Crippen LogP contribution is 1.90. The molecule has 0 spiro atoms. The largest absolute Gasteiger partial charge is 0.274 e. The van der Waals surface area contributed by atoms with E-state index in [1.165, 1.54) is 12.8 Å². The molecule has 0 amide bonds. The van der Waals surface area contributed by atoms with Gasteiger partial charge >= 0.3 is 0 Å². The quantitative estimate of drug-likeness (QED) is 0.256. The van der Waals surface area contributed by atoms with Crippen molar-refractivity contribution in [1.82, 2.24) is 4.90 Å². The summed E-state index contributed by atoms with van der Waals surface area (Å²) in [5.74, 6) is 2.65. The number of hydrogen-bond acceptors (Lipinski definition) is 0. The van der Waals surface area contributed by atoms with Gasteiger partial charge in [0.25, 0.3) is 0 Å². The summed E-state index contributed by atoms with van der Waals surface area (Å²) in [5.41, 5.74) is 0. The molecule has 0 fully saturated rings. The Morgan fingerprint density at radius 3 is 2.58 bits per heavy atom. The topological polar surface area (TPSA) is 6.25 Å². The van der Waals surface area contributed by atoms with Crippen molar-refractivity contribution in [3.63, 3.8) is 0 Å². The van der Waals surface area contributed by atoms with Crippen molar-refractivity contribution in [3.8, 4) is 12.3 Å². The van der Waals surface area contributed by atoms with Crippen LogP contribution in [0.2, 0.25) is 0 Å². The maximum absolute atomic E-state index is 5.25. The molecule has 0 N–H and O–H groups in total. The monoisotopic (exact) mass is 167 g/mol. The van der Waals surface area contributed by atoms with Gasteiger partial charge in [-0.1, -0.05) is 19.3 Å². The molecule has 0 unspecified atom stereocenters. The number of nitrogens with zero attached hydrogens (tertiary/aromatic N) is 2. The highest BCUT2D eigenvalue weighted by molar-refractivity contribution is 5.49. The normalized spacial score (nSPS) is 8.83. The Hall–Kier alpha value is -0.970. The zero-order valence-corrected chi connectivity index (χ0v) is 8.38. The second-order valence-electron chi connectivity index (χ2n) is 3.11. The second-order valence-corrected chi connectivity index (χ2v) is 3.11. The van der Waals surface area contributed by atoms with Gasteiger partial charge < -0.3 is 0 Å². The summed E-state index contributed by atoms with van der Waals surface area (Å²) in [5, 5.41) is 0. The molecule has 2 heteroatoms. The van der Waals surface area contributed by atoms with Gasteiger partial charge in [-0.25, -0.2) is 0 Å². The lowest BCUT2D eigenvalue weighted by molar-refractivity contribution is -0.464. The summed E-state index contributed by atoms with van der Waals surface area (Å²) < 4.78 is 2.02. The molecule has 0 aliphatic heterocycles. The predicted octanol–water partition coefficient (Wildman–Crippen LogP) is 1.02. The van der Waals surface area contributed by atoms with Crippen LogP contribution in [0.1, 0.15) is 19.8 Å². The lowest BCUT2D eigenvalue weighted by Gasteiger charge is -2.09. The molecule has 0 aromatic carbocycles. The minimum absolute atomic E-state index is 0.707. The predicted molar refractivity (Wildman–Crippen MR) is 53.5 cm³/mol. The molecule has 0 saturated carbocycles. The van der Waals surface area contributed by atoms with E-state index < -0.39 is 0 Å². The fraction of sp³-hybridized carbons (Fsp3) is 0.700. The highest BCUT2D eigenvalue weighted by Gasteiger charge is 2.02. The second kappa shape index (κ2) is 6.72. The van der Waals surface area contributed by atoms with E-state index in [0.29, 0.717) is 6.54 Å². The highest BCUT2D eigenvalue weighted by atomic mass is 15.2. The van der Waals surface area contributed by atoms with Gasteiger partial charge in [-0.2, -0.15) is 0 Å². The van der Waals surface area contributed by atoms with Crippen molar-refractivity contribution in [2.75, 3.05) is 27.2 Å². The Morgan fingerprint density at radius 1 is 1.50 bits per heavy atom. The summed E-state index contributed by atoms with van der Waals surface area (Å²) in [6.07, 6.45) is 9.71. The summed E-state index contributed by atoms with van der Waals surface area (Å²) in [7, 11) is 4.02. The Bertz CT molecular complexity index is 173. The summed E-state index contributed by atoms with van der Waals surface area (Å²) in [4.78, 5) is 2.16. The zero-order valence-electron chi connectivity index (χ0n) is 8.38. The molecular weight excluding hydrogens is 148 g/mol. The molecule has 0 heterocycles. The molecule has 0 bridgehead atoms. The van der Waals surface area contributed by atoms with Crippen LogP contribution in [-0.4, -0.2) is 43.0 Å². The number of rotatable bonds is 5. The van der Waals surface area contributed by atoms with Crippen molar-refractivity contribution in [2.24, 2.45) is 0 Å². The van der Waals surface area contributed by atoms with Crippen LogP contribution >= 0.6 is 0 Å². The van der Waals surface area contributed by atoms with E-state index in [1.807, 2.05) is 18.7 Å². The van der Waals surface area contributed by atoms with Gasteiger partial charge in [0.2, 0.25) is 6.34 Å². The molecule has 0 radical (unpaired) electrons. The number of hydrogen-bond donors (Lipinski definition) is 0. The molecule has 0 rings (SSSR count). The SMILES string of the molecule is C#CCN(C=[N+](C)C)CCCC. The van der Waals surface area contributed by atoms with E-state index in [1.54, 1.807) is 0 Å². The first-order valence-electron chi connectivity index (χ1n) is 4.39. The third kappa shape index (κ3) is 5.79. The molecule has 2 nitrogen and oxygen atoms in total. The van der Waals surface area contributed by atoms with Crippen LogP contribution in [0.25, 0.3) is 0 Å². The van der Waals surface area contributed by atoms with Crippen LogP contribution in [0.4, 0.5) is 0 Å². The summed E-state index contributed by atoms with van der Waals surface area (Å²) >= 11 is 0. The zero-order chi connectivity index (χ0) is 9.40. The van der Waals surface area contributed by atoms with Gasteiger partial charge in [0.05, 0.1) is 20.6 Å². The Kier molecular flexibility index (Phi) is 6.18. The molecule has 0 saturated heterocycles. The average molecular weight is 167 g/mol. The number of terminal acetylenes is 1. The molecule has 0 aromatic heterocycles. The fourth-order valence-electron chi connectivity index (χ4n) is 0.983. The van der Waals surface area contributed by atoms with Gasteiger partial charge in [-0.05, 0) is 6.42 Å². The van der Waals surface area contributed by atoms with E-state index in [-0.39, 0.29) is 0 Å². The van der Waals surface area contributed by atoms with Crippen LogP contribution in [0.5, 0.6) is 0 Å². The van der Waals surface area contributed by atoms with Crippen molar-refractivity contribution >= 4 is 6.34 Å². The lowest BCUT2D eigenvalue weighted by Crippen LogP contribution is -2.27. The van der Waals surface area contributed by atoms with Crippen LogP contribution in [0.15, 0.2) is 0 Å². The molecule has 0 aromatic rings. The minimum Gasteiger partial charge on any atom is -0.274 e. The van der Waals surface area contributed by atoms with Crippen LogP contribution in [-0.2, 0) is 0 Å². The van der Waals surface area contributed by atoms with Gasteiger partial charge in [-0.3, -0.25) is 9.48 Å². The van der Waals surface area contributed by atoms with Gasteiger partial charge in [0.15, 0.2) is 0 Å². The van der Waals surface area contributed by atoms with E-state index in [2.05, 4.69) is 24.1 Å². The summed E-state index contributed by atoms with van der Waals surface area (Å²) in [6.45, 7) is 3.95. The molecule has 68 valence electrons. The lowest BCUT2D eigenvalue weighted by atomic mass is 10.3. The van der Waals surface area contributed by atoms with Crippen molar-refractivity contribution < 1.29 is 4.58 Å². The van der Waals surface area contributed by atoms with Crippen molar-refractivity contribution in [1.29, 1.82) is 0 Å². The molecule has 0 aliphatic rings.